The molecule has 2 aromatic rings. The number of fused-ring (bicyclic) bond motifs is 3. The number of amides is 2. The van der Waals surface area contributed by atoms with Crippen LogP contribution in [0, 0.1) is 17.6 Å². The Labute approximate surface area is 208 Å². The normalized spacial score (nSPS) is 23.5. The Balaban J connectivity index is 1.65. The Kier molecular flexibility index (Phi) is 7.54. The molecule has 4 rings (SSSR count). The fourth-order valence-electron chi connectivity index (χ4n) is 5.07. The van der Waals surface area contributed by atoms with E-state index in [0.29, 0.717) is 18.0 Å². The second-order valence-electron chi connectivity index (χ2n) is 8.64. The third-order valence-electron chi connectivity index (χ3n) is 6.64. The van der Waals surface area contributed by atoms with E-state index in [0.717, 1.165) is 12.1 Å². The summed E-state index contributed by atoms with van der Waals surface area (Å²) in [6.07, 6.45) is 0.267. The zero-order chi connectivity index (χ0) is 25.2. The molecule has 190 valence electrons. The van der Waals surface area contributed by atoms with E-state index in [4.69, 9.17) is 21.1 Å². The molecule has 2 aliphatic rings. The number of urea groups is 1. The topological polar surface area (TPSA) is 93.7 Å². The molecule has 0 aromatic heterocycles. The summed E-state index contributed by atoms with van der Waals surface area (Å²) >= 11 is 5.96. The van der Waals surface area contributed by atoms with Crippen molar-refractivity contribution >= 4 is 27.5 Å². The Morgan fingerprint density at radius 3 is 2.60 bits per heavy atom. The van der Waals surface area contributed by atoms with Gasteiger partial charge in [-0.15, -0.1) is 0 Å². The first-order valence-corrected chi connectivity index (χ1v) is 13.3. The van der Waals surface area contributed by atoms with Gasteiger partial charge in [0.05, 0.1) is 29.8 Å². The van der Waals surface area contributed by atoms with Gasteiger partial charge in [-0.1, -0.05) is 11.6 Å². The third kappa shape index (κ3) is 4.71. The van der Waals surface area contributed by atoms with Gasteiger partial charge in [-0.2, -0.15) is 0 Å². The fraction of sp³-hybridized carbons (Fsp3) is 0.458. The first-order chi connectivity index (χ1) is 16.7. The number of nitrogens with one attached hydrogen (secondary N) is 2. The first kappa shape index (κ1) is 25.7. The van der Waals surface area contributed by atoms with Gasteiger partial charge in [-0.05, 0) is 62.6 Å². The van der Waals surface area contributed by atoms with Crippen LogP contribution in [0.1, 0.15) is 31.7 Å². The van der Waals surface area contributed by atoms with E-state index in [1.165, 1.54) is 24.3 Å². The molecule has 35 heavy (non-hydrogen) atoms. The molecule has 1 saturated carbocycles. The van der Waals surface area contributed by atoms with E-state index >= 15 is 4.39 Å². The largest absolute Gasteiger partial charge is 0.490 e. The van der Waals surface area contributed by atoms with Gasteiger partial charge in [0.2, 0.25) is 0 Å². The number of hydrogen-bond acceptors (Lipinski definition) is 5. The summed E-state index contributed by atoms with van der Waals surface area (Å²) in [5.41, 5.74) is -0.264. The zero-order valence-corrected chi connectivity index (χ0v) is 20.7. The second-order valence-corrected chi connectivity index (χ2v) is 11.3. The number of rotatable bonds is 7. The average Bonchev–Trinajstić information content (AvgIpc) is 2.84. The van der Waals surface area contributed by atoms with Gasteiger partial charge < -0.3 is 20.1 Å². The van der Waals surface area contributed by atoms with E-state index in [1.807, 2.05) is 6.92 Å². The fourth-order valence-corrected chi connectivity index (χ4v) is 7.56. The van der Waals surface area contributed by atoms with Crippen molar-refractivity contribution in [1.82, 2.24) is 10.6 Å². The van der Waals surface area contributed by atoms with Crippen LogP contribution >= 0.6 is 11.6 Å². The van der Waals surface area contributed by atoms with Gasteiger partial charge in [0, 0.05) is 24.0 Å². The van der Waals surface area contributed by atoms with Crippen molar-refractivity contribution in [3.8, 4) is 5.75 Å². The monoisotopic (exact) mass is 528 g/mol. The Bertz CT molecular complexity index is 1200. The minimum absolute atomic E-state index is 0.0195. The average molecular weight is 529 g/mol. The van der Waals surface area contributed by atoms with Gasteiger partial charge >= 0.3 is 6.03 Å². The SMILES string of the molecule is CCNC(=O)NCCO[C@@H]1CC[C@@]2(S(=O)(=O)c3ccc(Cl)cc3)c3c(F)ccc(F)c3OC[C@H]2C1. The molecule has 1 heterocycles. The zero-order valence-electron chi connectivity index (χ0n) is 19.2. The van der Waals surface area contributed by atoms with E-state index in [-0.39, 0.29) is 60.9 Å². The number of hydrogen-bond donors (Lipinski definition) is 2. The maximum absolute atomic E-state index is 15.3. The molecule has 0 unspecified atom stereocenters. The number of carbonyl (C=O) groups is 1. The Morgan fingerprint density at radius 2 is 1.89 bits per heavy atom. The molecule has 0 bridgehead atoms. The van der Waals surface area contributed by atoms with Crippen LogP contribution in [-0.2, 0) is 19.3 Å². The van der Waals surface area contributed by atoms with Crippen LogP contribution in [0.4, 0.5) is 13.6 Å². The maximum Gasteiger partial charge on any atom is 0.314 e. The highest BCUT2D eigenvalue weighted by Gasteiger charge is 2.59. The van der Waals surface area contributed by atoms with Crippen LogP contribution in [0.15, 0.2) is 41.3 Å². The molecular formula is C24H27ClF2N2O5S. The predicted octanol–water partition coefficient (Wildman–Crippen LogP) is 4.18. The Hall–Kier alpha value is -2.43. The number of sulfone groups is 1. The quantitative estimate of drug-likeness (QED) is 0.526. The summed E-state index contributed by atoms with van der Waals surface area (Å²) in [7, 11) is -4.19. The summed E-state index contributed by atoms with van der Waals surface area (Å²) < 4.78 is 67.9. The van der Waals surface area contributed by atoms with Crippen molar-refractivity contribution in [3.05, 3.63) is 58.6 Å². The molecule has 1 aliphatic carbocycles. The molecule has 7 nitrogen and oxygen atoms in total. The molecule has 2 aromatic carbocycles. The van der Waals surface area contributed by atoms with Crippen LogP contribution < -0.4 is 15.4 Å². The minimum atomic E-state index is -4.19. The van der Waals surface area contributed by atoms with Gasteiger partial charge in [-0.25, -0.2) is 22.0 Å². The van der Waals surface area contributed by atoms with Crippen LogP contribution in [0.25, 0.3) is 0 Å². The van der Waals surface area contributed by atoms with E-state index in [1.54, 1.807) is 0 Å². The lowest BCUT2D eigenvalue weighted by Crippen LogP contribution is -2.53. The molecule has 0 spiro atoms. The van der Waals surface area contributed by atoms with Crippen LogP contribution in [0.3, 0.4) is 0 Å². The second kappa shape index (κ2) is 10.3. The lowest BCUT2D eigenvalue weighted by molar-refractivity contribution is -0.0134. The van der Waals surface area contributed by atoms with Gasteiger partial charge in [0.25, 0.3) is 0 Å². The van der Waals surface area contributed by atoms with Gasteiger partial charge in [0.15, 0.2) is 21.4 Å². The molecule has 3 atom stereocenters. The molecule has 0 radical (unpaired) electrons. The number of benzene rings is 2. The lowest BCUT2D eigenvalue weighted by Gasteiger charge is -2.48. The number of carbonyl (C=O) groups excluding carboxylic acids is 1. The first-order valence-electron chi connectivity index (χ1n) is 11.5. The van der Waals surface area contributed by atoms with E-state index in [2.05, 4.69) is 10.6 Å². The molecule has 2 amide bonds. The minimum Gasteiger partial charge on any atom is -0.490 e. The number of ether oxygens (including phenoxy) is 2. The summed E-state index contributed by atoms with van der Waals surface area (Å²) in [6.45, 7) is 2.71. The predicted molar refractivity (Wildman–Crippen MR) is 126 cm³/mol. The van der Waals surface area contributed by atoms with Crippen molar-refractivity contribution in [2.45, 2.75) is 41.9 Å². The lowest BCUT2D eigenvalue weighted by atomic mass is 9.72. The molecule has 2 N–H and O–H groups in total. The molecule has 11 heteroatoms. The molecule has 0 saturated heterocycles. The maximum atomic E-state index is 15.3. The van der Waals surface area contributed by atoms with Gasteiger partial charge in [0.1, 0.15) is 10.6 Å². The summed E-state index contributed by atoms with van der Waals surface area (Å²) in [5.74, 6) is -2.67. The van der Waals surface area contributed by atoms with E-state index < -0.39 is 32.1 Å². The van der Waals surface area contributed by atoms with Crippen molar-refractivity contribution < 1.29 is 31.5 Å². The standard InChI is InChI=1S/C24H27ClF2N2O5S/c1-2-28-23(30)29-11-12-33-17-9-10-24(35(31,32)18-5-3-16(25)4-6-18)15(13-17)14-34-22-20(27)8-7-19(26)21(22)24/h3-8,15,17H,2,9-14H2,1H3,(H2,28,29,30)/t15-,17-,24+/m1/s1. The highest BCUT2D eigenvalue weighted by molar-refractivity contribution is 7.92. The smallest absolute Gasteiger partial charge is 0.314 e. The van der Waals surface area contributed by atoms with Crippen molar-refractivity contribution in [1.29, 1.82) is 0 Å². The molecule has 1 aliphatic heterocycles. The van der Waals surface area contributed by atoms with Crippen molar-refractivity contribution in [3.63, 3.8) is 0 Å². The van der Waals surface area contributed by atoms with Crippen LogP contribution in [0.2, 0.25) is 5.02 Å². The Morgan fingerprint density at radius 1 is 1.17 bits per heavy atom. The van der Waals surface area contributed by atoms with Crippen LogP contribution in [-0.4, -0.2) is 46.9 Å². The van der Waals surface area contributed by atoms with Crippen molar-refractivity contribution in [2.75, 3.05) is 26.3 Å². The summed E-state index contributed by atoms with van der Waals surface area (Å²) in [4.78, 5) is 11.5. The van der Waals surface area contributed by atoms with E-state index in [9.17, 15) is 17.6 Å². The summed E-state index contributed by atoms with van der Waals surface area (Å²) in [6, 6.07) is 7.25. The highest BCUT2D eigenvalue weighted by Crippen LogP contribution is 2.56. The molecular weight excluding hydrogens is 502 g/mol. The summed E-state index contributed by atoms with van der Waals surface area (Å²) in [5, 5.41) is 5.65. The van der Waals surface area contributed by atoms with Crippen molar-refractivity contribution in [2.24, 2.45) is 5.92 Å². The van der Waals surface area contributed by atoms with Gasteiger partial charge in [-0.3, -0.25) is 0 Å². The third-order valence-corrected chi connectivity index (χ3v) is 9.48. The van der Waals surface area contributed by atoms with Crippen LogP contribution in [0.5, 0.6) is 5.75 Å². The highest BCUT2D eigenvalue weighted by atomic mass is 35.5. The number of halogens is 3. The molecule has 1 fully saturated rings.